The molecule has 2 aromatic carbocycles. The van der Waals surface area contributed by atoms with Gasteiger partial charge in [0.15, 0.2) is 0 Å². The molecule has 0 aliphatic rings. The maximum Gasteiger partial charge on any atom is 0.251 e. The van der Waals surface area contributed by atoms with E-state index in [-0.39, 0.29) is 17.7 Å². The molecule has 0 radical (unpaired) electrons. The first kappa shape index (κ1) is 26.7. The van der Waals surface area contributed by atoms with E-state index in [0.717, 1.165) is 32.6 Å². The third-order valence-electron chi connectivity index (χ3n) is 6.59. The number of benzene rings is 2. The summed E-state index contributed by atoms with van der Waals surface area (Å²) in [5.74, 6) is 0.142. The molecule has 202 valence electrons. The molecule has 3 aromatic heterocycles. The minimum Gasteiger partial charge on any atom is -0.464 e. The molecule has 0 fully saturated rings. The van der Waals surface area contributed by atoms with E-state index < -0.39 is 6.04 Å². The van der Waals surface area contributed by atoms with E-state index in [1.54, 1.807) is 42.1 Å². The molecular weight excluding hydrogens is 510 g/mol. The van der Waals surface area contributed by atoms with Gasteiger partial charge in [0.2, 0.25) is 5.91 Å². The van der Waals surface area contributed by atoms with Crippen molar-refractivity contribution in [3.8, 4) is 0 Å². The highest BCUT2D eigenvalue weighted by Crippen LogP contribution is 2.23. The summed E-state index contributed by atoms with van der Waals surface area (Å²) in [6.45, 7) is 9.35. The molecule has 2 amide bonds. The quantitative estimate of drug-likeness (QED) is 0.210. The van der Waals surface area contributed by atoms with Crippen molar-refractivity contribution in [3.63, 3.8) is 0 Å². The Balaban J connectivity index is 1.43. The van der Waals surface area contributed by atoms with Crippen LogP contribution < -0.4 is 5.32 Å². The SMILES string of the molecule is CC(C)CN(Cc1csc(C(C)C)n1)C(=O)C(Cc1ccc2occc2c1)NC(=O)c1ccc2occc2c1. The van der Waals surface area contributed by atoms with Gasteiger partial charge in [0.1, 0.15) is 17.2 Å². The number of hydrogen-bond donors (Lipinski definition) is 1. The number of thiazole rings is 1. The molecule has 5 aromatic rings. The zero-order valence-corrected chi connectivity index (χ0v) is 23.5. The normalized spacial score (nSPS) is 12.5. The Morgan fingerprint density at radius 2 is 1.64 bits per heavy atom. The van der Waals surface area contributed by atoms with Crippen LogP contribution in [0.4, 0.5) is 0 Å². The fraction of sp³-hybridized carbons (Fsp3) is 0.323. The summed E-state index contributed by atoms with van der Waals surface area (Å²) in [6, 6.07) is 14.1. The minimum atomic E-state index is -0.760. The van der Waals surface area contributed by atoms with Gasteiger partial charge < -0.3 is 19.1 Å². The van der Waals surface area contributed by atoms with Crippen molar-refractivity contribution < 1.29 is 18.4 Å². The lowest BCUT2D eigenvalue weighted by molar-refractivity contribution is -0.134. The van der Waals surface area contributed by atoms with Gasteiger partial charge in [-0.15, -0.1) is 11.3 Å². The molecular formula is C31H33N3O4S. The van der Waals surface area contributed by atoms with Crippen molar-refractivity contribution in [2.45, 2.75) is 52.6 Å². The number of amides is 2. The Labute approximate surface area is 231 Å². The number of nitrogens with one attached hydrogen (secondary N) is 1. The van der Waals surface area contributed by atoms with Gasteiger partial charge in [-0.05, 0) is 53.9 Å². The van der Waals surface area contributed by atoms with E-state index in [4.69, 9.17) is 13.8 Å². The summed E-state index contributed by atoms with van der Waals surface area (Å²) in [5, 5.41) is 7.91. The molecule has 8 heteroatoms. The van der Waals surface area contributed by atoms with Crippen LogP contribution >= 0.6 is 11.3 Å². The van der Waals surface area contributed by atoms with Crippen LogP contribution in [0, 0.1) is 5.92 Å². The lowest BCUT2D eigenvalue weighted by atomic mass is 10.0. The van der Waals surface area contributed by atoms with E-state index in [1.165, 1.54) is 0 Å². The first-order chi connectivity index (χ1) is 18.8. The molecule has 1 atom stereocenters. The first-order valence-electron chi connectivity index (χ1n) is 13.2. The van der Waals surface area contributed by atoms with Crippen molar-refractivity contribution in [1.29, 1.82) is 0 Å². The van der Waals surface area contributed by atoms with Crippen LogP contribution in [-0.4, -0.2) is 34.3 Å². The molecule has 0 bridgehead atoms. The summed E-state index contributed by atoms with van der Waals surface area (Å²) < 4.78 is 10.9. The fourth-order valence-corrected chi connectivity index (χ4v) is 5.50. The lowest BCUT2D eigenvalue weighted by Crippen LogP contribution is -2.50. The second-order valence-electron chi connectivity index (χ2n) is 10.6. The van der Waals surface area contributed by atoms with Gasteiger partial charge >= 0.3 is 0 Å². The van der Waals surface area contributed by atoms with Gasteiger partial charge in [0.05, 0.1) is 29.8 Å². The summed E-state index contributed by atoms with van der Waals surface area (Å²) in [4.78, 5) is 34.1. The Bertz CT molecular complexity index is 1600. The number of rotatable bonds is 10. The Morgan fingerprint density at radius 3 is 2.31 bits per heavy atom. The van der Waals surface area contributed by atoms with Gasteiger partial charge in [-0.2, -0.15) is 0 Å². The average molecular weight is 544 g/mol. The summed E-state index contributed by atoms with van der Waals surface area (Å²) in [7, 11) is 0. The van der Waals surface area contributed by atoms with Crippen LogP contribution in [0.25, 0.3) is 21.9 Å². The molecule has 1 N–H and O–H groups in total. The molecule has 7 nitrogen and oxygen atoms in total. The predicted octanol–water partition coefficient (Wildman–Crippen LogP) is 6.78. The smallest absolute Gasteiger partial charge is 0.251 e. The van der Waals surface area contributed by atoms with Crippen LogP contribution in [0.1, 0.15) is 60.2 Å². The zero-order valence-electron chi connectivity index (χ0n) is 22.6. The maximum atomic E-state index is 14.1. The van der Waals surface area contributed by atoms with Gasteiger partial charge in [0, 0.05) is 40.6 Å². The summed E-state index contributed by atoms with van der Waals surface area (Å²) in [6.07, 6.45) is 3.59. The van der Waals surface area contributed by atoms with Gasteiger partial charge in [-0.1, -0.05) is 33.8 Å². The highest BCUT2D eigenvalue weighted by molar-refractivity contribution is 7.09. The number of carbonyl (C=O) groups is 2. The standard InChI is InChI=1S/C31H33N3O4S/c1-19(2)16-34(17-25-18-39-30(32-25)20(3)4)31(36)26(14-21-5-7-27-22(13-21)9-11-37-27)33-29(35)24-6-8-28-23(15-24)10-12-38-28/h5-13,15,18-20,26H,14,16-17H2,1-4H3,(H,33,35). The average Bonchev–Trinajstić information content (AvgIpc) is 3.67. The number of furan rings is 2. The van der Waals surface area contributed by atoms with Gasteiger partial charge in [-0.25, -0.2) is 4.98 Å². The van der Waals surface area contributed by atoms with Crippen molar-refractivity contribution in [2.75, 3.05) is 6.54 Å². The van der Waals surface area contributed by atoms with E-state index >= 15 is 0 Å². The van der Waals surface area contributed by atoms with Crippen LogP contribution in [0.3, 0.4) is 0 Å². The Morgan fingerprint density at radius 1 is 0.949 bits per heavy atom. The number of aromatic nitrogens is 1. The lowest BCUT2D eigenvalue weighted by Gasteiger charge is -2.29. The van der Waals surface area contributed by atoms with Crippen LogP contribution in [-0.2, 0) is 17.8 Å². The molecule has 1 unspecified atom stereocenters. The van der Waals surface area contributed by atoms with Crippen molar-refractivity contribution in [3.05, 3.63) is 88.3 Å². The molecule has 0 aliphatic carbocycles. The van der Waals surface area contributed by atoms with Crippen molar-refractivity contribution in [1.82, 2.24) is 15.2 Å². The molecule has 39 heavy (non-hydrogen) atoms. The van der Waals surface area contributed by atoms with Crippen LogP contribution in [0.2, 0.25) is 0 Å². The van der Waals surface area contributed by atoms with E-state index in [0.29, 0.717) is 36.6 Å². The highest BCUT2D eigenvalue weighted by Gasteiger charge is 2.28. The third kappa shape index (κ3) is 6.23. The molecule has 5 rings (SSSR count). The van der Waals surface area contributed by atoms with Crippen molar-refractivity contribution >= 4 is 45.1 Å². The van der Waals surface area contributed by atoms with E-state index in [1.807, 2.05) is 40.6 Å². The Hall–Kier alpha value is -3.91. The summed E-state index contributed by atoms with van der Waals surface area (Å²) in [5.41, 5.74) is 3.77. The van der Waals surface area contributed by atoms with Gasteiger partial charge in [0.25, 0.3) is 5.91 Å². The number of nitrogens with zero attached hydrogens (tertiary/aromatic N) is 2. The summed E-state index contributed by atoms with van der Waals surface area (Å²) >= 11 is 1.62. The molecule has 0 saturated carbocycles. The van der Waals surface area contributed by atoms with Crippen molar-refractivity contribution in [2.24, 2.45) is 5.92 Å². The monoisotopic (exact) mass is 543 g/mol. The van der Waals surface area contributed by atoms with Gasteiger partial charge in [-0.3, -0.25) is 9.59 Å². The maximum absolute atomic E-state index is 14.1. The number of carbonyl (C=O) groups excluding carboxylic acids is 2. The second kappa shape index (κ2) is 11.5. The topological polar surface area (TPSA) is 88.6 Å². The van der Waals surface area contributed by atoms with Crippen LogP contribution in [0.15, 0.2) is 75.3 Å². The number of fused-ring (bicyclic) bond motifs is 2. The second-order valence-corrected chi connectivity index (χ2v) is 11.5. The first-order valence-corrected chi connectivity index (χ1v) is 14.1. The largest absolute Gasteiger partial charge is 0.464 e. The van der Waals surface area contributed by atoms with E-state index in [2.05, 4.69) is 33.0 Å². The third-order valence-corrected chi connectivity index (χ3v) is 7.78. The van der Waals surface area contributed by atoms with Crippen LogP contribution in [0.5, 0.6) is 0 Å². The van der Waals surface area contributed by atoms with E-state index in [9.17, 15) is 9.59 Å². The molecule has 0 saturated heterocycles. The highest BCUT2D eigenvalue weighted by atomic mass is 32.1. The zero-order chi connectivity index (χ0) is 27.5. The molecule has 0 spiro atoms. The fourth-order valence-electron chi connectivity index (χ4n) is 4.68. The predicted molar refractivity (Wildman–Crippen MR) is 154 cm³/mol. The minimum absolute atomic E-state index is 0.132. The molecule has 3 heterocycles. The molecule has 0 aliphatic heterocycles. The Kier molecular flexibility index (Phi) is 7.84. The number of hydrogen-bond acceptors (Lipinski definition) is 6.